The lowest BCUT2D eigenvalue weighted by atomic mass is 10.1. The van der Waals surface area contributed by atoms with Crippen LogP contribution >= 0.6 is 0 Å². The number of anilines is 1. The molecule has 0 saturated heterocycles. The predicted octanol–water partition coefficient (Wildman–Crippen LogP) is 2.16. The molecule has 19 heavy (non-hydrogen) atoms. The first-order valence-corrected chi connectivity index (χ1v) is 6.26. The Morgan fingerprint density at radius 1 is 1.26 bits per heavy atom. The summed E-state index contributed by atoms with van der Waals surface area (Å²) in [4.78, 5) is 15.9. The van der Waals surface area contributed by atoms with E-state index < -0.39 is 0 Å². The number of nitrogen functional groups attached to an aromatic ring is 1. The number of nitrogens with zero attached hydrogens (tertiary/aromatic N) is 1. The number of benzene rings is 1. The van der Waals surface area contributed by atoms with Crippen molar-refractivity contribution in [2.24, 2.45) is 0 Å². The van der Waals surface area contributed by atoms with Crippen LogP contribution in [0.1, 0.15) is 28.4 Å². The first kappa shape index (κ1) is 13.1. The van der Waals surface area contributed by atoms with E-state index in [9.17, 15) is 4.79 Å². The van der Waals surface area contributed by atoms with Gasteiger partial charge in [-0.05, 0) is 23.6 Å². The number of nitrogens with one attached hydrogen (secondary N) is 1. The summed E-state index contributed by atoms with van der Waals surface area (Å²) in [6.07, 6.45) is 4.00. The standard InChI is InChI=1S/C15H17N3O/c1-2-11-5-3-4-6-12(11)9-18-15(19)13-10-17-8-7-14(13)16/h3-8,10H,2,9H2,1H3,(H2,16,17)(H,18,19). The van der Waals surface area contributed by atoms with Gasteiger partial charge in [0.1, 0.15) is 0 Å². The summed E-state index contributed by atoms with van der Waals surface area (Å²) >= 11 is 0. The zero-order valence-corrected chi connectivity index (χ0v) is 10.9. The van der Waals surface area contributed by atoms with Crippen LogP contribution in [-0.4, -0.2) is 10.9 Å². The van der Waals surface area contributed by atoms with Crippen LogP contribution in [0.25, 0.3) is 0 Å². The largest absolute Gasteiger partial charge is 0.398 e. The van der Waals surface area contributed by atoms with Crippen molar-refractivity contribution in [3.8, 4) is 0 Å². The molecule has 1 heterocycles. The van der Waals surface area contributed by atoms with Crippen molar-refractivity contribution in [1.82, 2.24) is 10.3 Å². The molecule has 0 radical (unpaired) electrons. The number of hydrogen-bond donors (Lipinski definition) is 2. The maximum absolute atomic E-state index is 12.0. The molecule has 0 unspecified atom stereocenters. The van der Waals surface area contributed by atoms with Crippen molar-refractivity contribution >= 4 is 11.6 Å². The number of carbonyl (C=O) groups excluding carboxylic acids is 1. The van der Waals surface area contributed by atoms with E-state index >= 15 is 0 Å². The van der Waals surface area contributed by atoms with Gasteiger partial charge in [0.25, 0.3) is 5.91 Å². The smallest absolute Gasteiger partial charge is 0.255 e. The Kier molecular flexibility index (Phi) is 4.13. The number of carbonyl (C=O) groups is 1. The van der Waals surface area contributed by atoms with Crippen molar-refractivity contribution in [2.45, 2.75) is 19.9 Å². The second-order valence-electron chi connectivity index (χ2n) is 4.27. The van der Waals surface area contributed by atoms with Crippen LogP contribution in [0.2, 0.25) is 0 Å². The fraction of sp³-hybridized carbons (Fsp3) is 0.200. The zero-order chi connectivity index (χ0) is 13.7. The summed E-state index contributed by atoms with van der Waals surface area (Å²) in [5, 5.41) is 2.87. The Bertz CT molecular complexity index is 581. The molecule has 1 aromatic heterocycles. The van der Waals surface area contributed by atoms with E-state index in [1.54, 1.807) is 12.3 Å². The van der Waals surface area contributed by atoms with Crippen molar-refractivity contribution in [2.75, 3.05) is 5.73 Å². The third-order valence-electron chi connectivity index (χ3n) is 3.04. The molecule has 98 valence electrons. The maximum Gasteiger partial charge on any atom is 0.255 e. The Morgan fingerprint density at radius 3 is 2.68 bits per heavy atom. The fourth-order valence-electron chi connectivity index (χ4n) is 1.94. The highest BCUT2D eigenvalue weighted by atomic mass is 16.1. The van der Waals surface area contributed by atoms with Crippen LogP contribution in [-0.2, 0) is 13.0 Å². The third kappa shape index (κ3) is 3.10. The zero-order valence-electron chi connectivity index (χ0n) is 10.9. The van der Waals surface area contributed by atoms with E-state index in [-0.39, 0.29) is 5.91 Å². The average molecular weight is 255 g/mol. The SMILES string of the molecule is CCc1ccccc1CNC(=O)c1cnccc1N. The van der Waals surface area contributed by atoms with Gasteiger partial charge in [0.05, 0.1) is 5.56 Å². The van der Waals surface area contributed by atoms with Crippen LogP contribution in [0.3, 0.4) is 0 Å². The number of rotatable bonds is 4. The van der Waals surface area contributed by atoms with Gasteiger partial charge in [0.2, 0.25) is 0 Å². The van der Waals surface area contributed by atoms with E-state index in [1.807, 2.05) is 18.2 Å². The van der Waals surface area contributed by atoms with Crippen molar-refractivity contribution in [1.29, 1.82) is 0 Å². The lowest BCUT2D eigenvalue weighted by molar-refractivity contribution is 0.0951. The number of nitrogens with two attached hydrogens (primary N) is 1. The number of aromatic nitrogens is 1. The summed E-state index contributed by atoms with van der Waals surface area (Å²) in [5.41, 5.74) is 8.96. The molecule has 0 saturated carbocycles. The lowest BCUT2D eigenvalue weighted by Crippen LogP contribution is -2.24. The van der Waals surface area contributed by atoms with Crippen molar-refractivity contribution in [3.63, 3.8) is 0 Å². The minimum Gasteiger partial charge on any atom is -0.398 e. The summed E-state index contributed by atoms with van der Waals surface area (Å²) < 4.78 is 0. The van der Waals surface area contributed by atoms with Crippen LogP contribution in [0.5, 0.6) is 0 Å². The van der Waals surface area contributed by atoms with Gasteiger partial charge in [-0.25, -0.2) is 0 Å². The van der Waals surface area contributed by atoms with Crippen LogP contribution < -0.4 is 11.1 Å². The van der Waals surface area contributed by atoms with Crippen LogP contribution in [0.15, 0.2) is 42.7 Å². The molecule has 1 aromatic carbocycles. The Balaban J connectivity index is 2.07. The predicted molar refractivity (Wildman–Crippen MR) is 75.6 cm³/mol. The third-order valence-corrected chi connectivity index (χ3v) is 3.04. The van der Waals surface area contributed by atoms with Gasteiger partial charge < -0.3 is 11.1 Å². The van der Waals surface area contributed by atoms with E-state index in [0.29, 0.717) is 17.8 Å². The summed E-state index contributed by atoms with van der Waals surface area (Å²) in [5.74, 6) is -0.198. The first-order valence-electron chi connectivity index (χ1n) is 6.26. The second-order valence-corrected chi connectivity index (χ2v) is 4.27. The molecule has 2 rings (SSSR count). The molecule has 4 nitrogen and oxygen atoms in total. The van der Waals surface area contributed by atoms with Gasteiger partial charge in [-0.1, -0.05) is 31.2 Å². The van der Waals surface area contributed by atoms with E-state index in [2.05, 4.69) is 23.3 Å². The molecular weight excluding hydrogens is 238 g/mol. The molecule has 0 bridgehead atoms. The molecule has 0 aliphatic heterocycles. The quantitative estimate of drug-likeness (QED) is 0.879. The monoisotopic (exact) mass is 255 g/mol. The highest BCUT2D eigenvalue weighted by Gasteiger charge is 2.09. The van der Waals surface area contributed by atoms with Gasteiger partial charge in [0.15, 0.2) is 0 Å². The van der Waals surface area contributed by atoms with Gasteiger partial charge >= 0.3 is 0 Å². The van der Waals surface area contributed by atoms with Crippen molar-refractivity contribution in [3.05, 3.63) is 59.4 Å². The van der Waals surface area contributed by atoms with Gasteiger partial charge in [-0.3, -0.25) is 9.78 Å². The van der Waals surface area contributed by atoms with Gasteiger partial charge in [0, 0.05) is 24.6 Å². The molecule has 4 heteroatoms. The summed E-state index contributed by atoms with van der Waals surface area (Å²) in [6.45, 7) is 2.59. The number of amides is 1. The Morgan fingerprint density at radius 2 is 2.00 bits per heavy atom. The molecule has 0 fully saturated rings. The van der Waals surface area contributed by atoms with Crippen LogP contribution in [0.4, 0.5) is 5.69 Å². The average Bonchev–Trinajstić information content (AvgIpc) is 2.45. The van der Waals surface area contributed by atoms with E-state index in [0.717, 1.165) is 12.0 Å². The molecule has 0 aliphatic carbocycles. The number of pyridine rings is 1. The first-order chi connectivity index (χ1) is 9.22. The normalized spacial score (nSPS) is 10.2. The highest BCUT2D eigenvalue weighted by Crippen LogP contribution is 2.11. The molecule has 2 aromatic rings. The number of hydrogen-bond acceptors (Lipinski definition) is 3. The minimum atomic E-state index is -0.198. The lowest BCUT2D eigenvalue weighted by Gasteiger charge is -2.10. The Labute approximate surface area is 112 Å². The topological polar surface area (TPSA) is 68.0 Å². The number of aryl methyl sites for hydroxylation is 1. The van der Waals surface area contributed by atoms with Gasteiger partial charge in [-0.2, -0.15) is 0 Å². The van der Waals surface area contributed by atoms with Gasteiger partial charge in [-0.15, -0.1) is 0 Å². The molecule has 0 spiro atoms. The Hall–Kier alpha value is -2.36. The minimum absolute atomic E-state index is 0.198. The second kappa shape index (κ2) is 6.00. The molecule has 0 atom stereocenters. The van der Waals surface area contributed by atoms with Crippen molar-refractivity contribution < 1.29 is 4.79 Å². The van der Waals surface area contributed by atoms with E-state index in [1.165, 1.54) is 11.8 Å². The molecule has 0 aliphatic rings. The molecular formula is C15H17N3O. The molecule has 1 amide bonds. The summed E-state index contributed by atoms with van der Waals surface area (Å²) in [7, 11) is 0. The highest BCUT2D eigenvalue weighted by molar-refractivity contribution is 5.98. The molecule has 3 N–H and O–H groups in total. The maximum atomic E-state index is 12.0. The fourth-order valence-corrected chi connectivity index (χ4v) is 1.94. The van der Waals surface area contributed by atoms with Crippen LogP contribution in [0, 0.1) is 0 Å². The van der Waals surface area contributed by atoms with E-state index in [4.69, 9.17) is 5.73 Å². The summed E-state index contributed by atoms with van der Waals surface area (Å²) in [6, 6.07) is 9.68.